The van der Waals surface area contributed by atoms with Gasteiger partial charge in [-0.05, 0) is 30.5 Å². The van der Waals surface area contributed by atoms with E-state index in [1.54, 1.807) is 12.1 Å². The molecular formula is C11H13FN2O. The predicted octanol–water partition coefficient (Wildman–Crippen LogP) is 1.73. The normalized spacial score (nSPS) is 17.3. The van der Waals surface area contributed by atoms with Crippen LogP contribution in [0.2, 0.25) is 0 Å². The van der Waals surface area contributed by atoms with E-state index < -0.39 is 5.82 Å². The first-order valence-electron chi connectivity index (χ1n) is 4.88. The first-order chi connectivity index (χ1) is 7.01. The van der Waals surface area contributed by atoms with Crippen LogP contribution in [0.3, 0.4) is 0 Å². The Balaban J connectivity index is 2.32. The van der Waals surface area contributed by atoms with Crippen LogP contribution in [-0.4, -0.2) is 5.91 Å². The topological polar surface area (TPSA) is 55.1 Å². The van der Waals surface area contributed by atoms with Gasteiger partial charge in [-0.2, -0.15) is 0 Å². The molecule has 1 aromatic rings. The monoisotopic (exact) mass is 208 g/mol. The highest BCUT2D eigenvalue weighted by Crippen LogP contribution is 2.43. The van der Waals surface area contributed by atoms with E-state index in [0.29, 0.717) is 0 Å². The molecule has 0 aliphatic heterocycles. The van der Waals surface area contributed by atoms with Crippen LogP contribution in [0.1, 0.15) is 25.3 Å². The molecule has 0 atom stereocenters. The van der Waals surface area contributed by atoms with Crippen molar-refractivity contribution in [1.29, 1.82) is 0 Å². The van der Waals surface area contributed by atoms with Crippen molar-refractivity contribution in [3.63, 3.8) is 0 Å². The fraction of sp³-hybridized carbons (Fsp3) is 0.364. The lowest BCUT2D eigenvalue weighted by molar-refractivity contribution is -0.114. The van der Waals surface area contributed by atoms with Gasteiger partial charge in [0.05, 0.1) is 5.69 Å². The summed E-state index contributed by atoms with van der Waals surface area (Å²) in [5.74, 6) is -0.717. The Bertz CT molecular complexity index is 413. The molecule has 3 nitrogen and oxygen atoms in total. The Morgan fingerprint density at radius 1 is 1.53 bits per heavy atom. The summed E-state index contributed by atoms with van der Waals surface area (Å²) in [5.41, 5.74) is 6.77. The maximum absolute atomic E-state index is 13.3. The molecule has 15 heavy (non-hydrogen) atoms. The summed E-state index contributed by atoms with van der Waals surface area (Å²) in [6.45, 7) is 1.35. The number of carbonyl (C=O) groups is 1. The van der Waals surface area contributed by atoms with Gasteiger partial charge in [0.1, 0.15) is 5.82 Å². The number of nitrogens with one attached hydrogen (secondary N) is 1. The molecule has 0 heterocycles. The Kier molecular flexibility index (Phi) is 2.23. The van der Waals surface area contributed by atoms with Crippen LogP contribution < -0.4 is 11.1 Å². The van der Waals surface area contributed by atoms with E-state index in [1.165, 1.54) is 13.0 Å². The zero-order valence-corrected chi connectivity index (χ0v) is 8.51. The highest BCUT2D eigenvalue weighted by molar-refractivity contribution is 5.88. The van der Waals surface area contributed by atoms with Crippen LogP contribution in [-0.2, 0) is 10.3 Å². The van der Waals surface area contributed by atoms with Gasteiger partial charge in [0.25, 0.3) is 0 Å². The van der Waals surface area contributed by atoms with E-state index in [-0.39, 0.29) is 17.1 Å². The summed E-state index contributed by atoms with van der Waals surface area (Å²) in [6.07, 6.45) is 1.83. The van der Waals surface area contributed by atoms with Crippen LogP contribution in [0.5, 0.6) is 0 Å². The zero-order chi connectivity index (χ0) is 11.1. The Morgan fingerprint density at radius 2 is 2.20 bits per heavy atom. The van der Waals surface area contributed by atoms with Gasteiger partial charge in [-0.3, -0.25) is 4.79 Å². The van der Waals surface area contributed by atoms with E-state index in [1.807, 2.05) is 0 Å². The lowest BCUT2D eigenvalue weighted by Crippen LogP contribution is -2.19. The van der Waals surface area contributed by atoms with E-state index in [9.17, 15) is 9.18 Å². The minimum Gasteiger partial charge on any atom is -0.324 e. The first kappa shape index (κ1) is 10.1. The molecular weight excluding hydrogens is 195 g/mol. The average molecular weight is 208 g/mol. The fourth-order valence-corrected chi connectivity index (χ4v) is 1.54. The van der Waals surface area contributed by atoms with Crippen molar-refractivity contribution in [3.8, 4) is 0 Å². The Labute approximate surface area is 87.5 Å². The number of benzene rings is 1. The van der Waals surface area contributed by atoms with Crippen molar-refractivity contribution in [3.05, 3.63) is 29.6 Å². The largest absolute Gasteiger partial charge is 0.324 e. The first-order valence-corrected chi connectivity index (χ1v) is 4.88. The molecule has 0 spiro atoms. The number of rotatable bonds is 2. The third-order valence-corrected chi connectivity index (χ3v) is 2.64. The molecule has 2 rings (SSSR count). The van der Waals surface area contributed by atoms with Crippen LogP contribution in [0.15, 0.2) is 18.2 Å². The molecule has 1 saturated carbocycles. The fourth-order valence-electron chi connectivity index (χ4n) is 1.54. The van der Waals surface area contributed by atoms with Crippen molar-refractivity contribution in [2.24, 2.45) is 5.73 Å². The summed E-state index contributed by atoms with van der Waals surface area (Å²) in [4.78, 5) is 10.8. The van der Waals surface area contributed by atoms with Gasteiger partial charge < -0.3 is 11.1 Å². The van der Waals surface area contributed by atoms with Gasteiger partial charge in [-0.1, -0.05) is 6.07 Å². The van der Waals surface area contributed by atoms with Crippen molar-refractivity contribution in [2.75, 3.05) is 5.32 Å². The maximum Gasteiger partial charge on any atom is 0.221 e. The molecule has 0 aromatic heterocycles. The van der Waals surface area contributed by atoms with E-state index >= 15 is 0 Å². The van der Waals surface area contributed by atoms with Crippen molar-refractivity contribution in [2.45, 2.75) is 25.3 Å². The second kappa shape index (κ2) is 3.31. The van der Waals surface area contributed by atoms with Crippen molar-refractivity contribution in [1.82, 2.24) is 0 Å². The molecule has 4 heteroatoms. The van der Waals surface area contributed by atoms with Gasteiger partial charge >= 0.3 is 0 Å². The molecule has 0 unspecified atom stereocenters. The van der Waals surface area contributed by atoms with Gasteiger partial charge in [-0.15, -0.1) is 0 Å². The molecule has 0 bridgehead atoms. The third kappa shape index (κ3) is 1.99. The minimum atomic E-state index is -0.432. The van der Waals surface area contributed by atoms with Crippen LogP contribution in [0.4, 0.5) is 10.1 Å². The number of anilines is 1. The summed E-state index contributed by atoms with van der Waals surface area (Å²) >= 11 is 0. The summed E-state index contributed by atoms with van der Waals surface area (Å²) in [7, 11) is 0. The van der Waals surface area contributed by atoms with E-state index in [2.05, 4.69) is 5.32 Å². The Hall–Kier alpha value is -1.42. The number of hydrogen-bond donors (Lipinski definition) is 2. The highest BCUT2D eigenvalue weighted by atomic mass is 19.1. The number of hydrogen-bond acceptors (Lipinski definition) is 2. The second-order valence-corrected chi connectivity index (χ2v) is 4.03. The lowest BCUT2D eigenvalue weighted by atomic mass is 10.1. The number of halogens is 1. The summed E-state index contributed by atoms with van der Waals surface area (Å²) in [6, 6.07) is 4.63. The number of amides is 1. The van der Waals surface area contributed by atoms with E-state index in [0.717, 1.165) is 18.4 Å². The summed E-state index contributed by atoms with van der Waals surface area (Å²) < 4.78 is 13.3. The molecule has 1 fully saturated rings. The molecule has 0 saturated heterocycles. The van der Waals surface area contributed by atoms with Crippen LogP contribution >= 0.6 is 0 Å². The zero-order valence-electron chi connectivity index (χ0n) is 8.51. The quantitative estimate of drug-likeness (QED) is 0.777. The number of nitrogens with two attached hydrogens (primary N) is 1. The standard InChI is InChI=1S/C11H13FN2O/c1-7(15)14-10-6-8(2-3-9(10)12)11(13)4-5-11/h2-3,6H,4-5,13H2,1H3,(H,14,15). The molecule has 1 amide bonds. The molecule has 3 N–H and O–H groups in total. The SMILES string of the molecule is CC(=O)Nc1cc(C2(N)CC2)ccc1F. The molecule has 80 valence electrons. The predicted molar refractivity (Wildman–Crippen MR) is 55.8 cm³/mol. The lowest BCUT2D eigenvalue weighted by Gasteiger charge is -2.11. The average Bonchev–Trinajstić information content (AvgIpc) is 2.88. The van der Waals surface area contributed by atoms with Gasteiger partial charge in [-0.25, -0.2) is 4.39 Å². The van der Waals surface area contributed by atoms with Crippen LogP contribution in [0.25, 0.3) is 0 Å². The van der Waals surface area contributed by atoms with Gasteiger partial charge in [0.15, 0.2) is 0 Å². The van der Waals surface area contributed by atoms with Crippen LogP contribution in [0, 0.1) is 5.82 Å². The second-order valence-electron chi connectivity index (χ2n) is 4.03. The highest BCUT2D eigenvalue weighted by Gasteiger charge is 2.40. The van der Waals surface area contributed by atoms with Gasteiger partial charge in [0, 0.05) is 12.5 Å². The molecule has 1 aliphatic carbocycles. The number of carbonyl (C=O) groups excluding carboxylic acids is 1. The third-order valence-electron chi connectivity index (χ3n) is 2.64. The van der Waals surface area contributed by atoms with Crippen molar-refractivity contribution < 1.29 is 9.18 Å². The minimum absolute atomic E-state index is 0.205. The van der Waals surface area contributed by atoms with Gasteiger partial charge in [0.2, 0.25) is 5.91 Å². The molecule has 1 aliphatic rings. The maximum atomic E-state index is 13.3. The van der Waals surface area contributed by atoms with E-state index in [4.69, 9.17) is 5.73 Å². The smallest absolute Gasteiger partial charge is 0.221 e. The molecule has 0 radical (unpaired) electrons. The van der Waals surface area contributed by atoms with Crippen molar-refractivity contribution >= 4 is 11.6 Å². The summed E-state index contributed by atoms with van der Waals surface area (Å²) in [5, 5.41) is 2.44. The molecule has 1 aromatic carbocycles. The Morgan fingerprint density at radius 3 is 2.73 bits per heavy atom.